The van der Waals surface area contributed by atoms with Crippen LogP contribution in [-0.4, -0.2) is 17.9 Å². The molecule has 2 heterocycles. The van der Waals surface area contributed by atoms with Crippen molar-refractivity contribution in [3.63, 3.8) is 0 Å². The zero-order valence-corrected chi connectivity index (χ0v) is 9.25. The van der Waals surface area contributed by atoms with Crippen molar-refractivity contribution in [2.75, 3.05) is 0 Å². The molecule has 2 atom stereocenters. The average Bonchev–Trinajstić information content (AvgIpc) is 2.15. The Morgan fingerprint density at radius 1 is 1.21 bits per heavy atom. The summed E-state index contributed by atoms with van der Waals surface area (Å²) in [4.78, 5) is 11.9. The van der Waals surface area contributed by atoms with E-state index in [1.165, 1.54) is 19.3 Å². The lowest BCUT2D eigenvalue weighted by atomic mass is 9.76. The fourth-order valence-corrected chi connectivity index (χ4v) is 2.97. The van der Waals surface area contributed by atoms with Crippen LogP contribution in [0.25, 0.3) is 0 Å². The molecule has 2 rings (SSSR count). The lowest BCUT2D eigenvalue weighted by Crippen LogP contribution is -2.50. The van der Waals surface area contributed by atoms with Crippen LogP contribution >= 0.6 is 0 Å². The summed E-state index contributed by atoms with van der Waals surface area (Å²) in [6, 6.07) is 1.27. The van der Waals surface area contributed by atoms with Gasteiger partial charge in [0.15, 0.2) is 0 Å². The monoisotopic (exact) mass is 195 g/mol. The van der Waals surface area contributed by atoms with Crippen LogP contribution in [0.2, 0.25) is 0 Å². The van der Waals surface area contributed by atoms with Gasteiger partial charge in [0.25, 0.3) is 0 Å². The maximum Gasteiger partial charge on any atom is 0.138 e. The quantitative estimate of drug-likeness (QED) is 0.731. The Labute approximate surface area is 86.5 Å². The highest BCUT2D eigenvalue weighted by atomic mass is 16.1. The summed E-state index contributed by atoms with van der Waals surface area (Å²) >= 11 is 0. The van der Waals surface area contributed by atoms with E-state index >= 15 is 0 Å². The molecule has 0 aromatic carbocycles. The van der Waals surface area contributed by atoms with Gasteiger partial charge in [0.1, 0.15) is 5.78 Å². The number of Topliss-reactive ketones (excluding diaryl/α,β-unsaturated/α-hetero) is 1. The Morgan fingerprint density at radius 3 is 2.29 bits per heavy atom. The second-order valence-electron chi connectivity index (χ2n) is 5.22. The number of piperidine rings is 2. The molecule has 2 heteroatoms. The molecule has 0 aromatic rings. The van der Waals surface area contributed by atoms with E-state index in [-0.39, 0.29) is 5.92 Å². The number of carbonyl (C=O) groups is 1. The Hall–Kier alpha value is -0.370. The highest BCUT2D eigenvalue weighted by molar-refractivity contribution is 5.83. The summed E-state index contributed by atoms with van der Waals surface area (Å²) in [6.45, 7) is 4.06. The van der Waals surface area contributed by atoms with Crippen molar-refractivity contribution in [2.45, 2.75) is 58.0 Å². The first-order valence-electron chi connectivity index (χ1n) is 5.96. The summed E-state index contributed by atoms with van der Waals surface area (Å²) in [5.41, 5.74) is 0. The van der Waals surface area contributed by atoms with Gasteiger partial charge in [0.2, 0.25) is 0 Å². The van der Waals surface area contributed by atoms with E-state index < -0.39 is 0 Å². The van der Waals surface area contributed by atoms with Gasteiger partial charge in [-0.05, 0) is 25.7 Å². The maximum atomic E-state index is 11.9. The van der Waals surface area contributed by atoms with Crippen LogP contribution in [0.1, 0.15) is 46.0 Å². The normalized spacial score (nSPS) is 37.2. The molecule has 2 aliphatic rings. The van der Waals surface area contributed by atoms with Crippen LogP contribution in [0.5, 0.6) is 0 Å². The van der Waals surface area contributed by atoms with Crippen LogP contribution in [0.4, 0.5) is 0 Å². The molecule has 2 saturated heterocycles. The lowest BCUT2D eigenvalue weighted by molar-refractivity contribution is -0.127. The second kappa shape index (κ2) is 4.01. The van der Waals surface area contributed by atoms with Gasteiger partial charge in [-0.2, -0.15) is 0 Å². The number of hydrogen-bond acceptors (Lipinski definition) is 2. The van der Waals surface area contributed by atoms with E-state index in [0.29, 0.717) is 23.8 Å². The number of hydrogen-bond donors (Lipinski definition) is 1. The van der Waals surface area contributed by atoms with Crippen LogP contribution in [0.3, 0.4) is 0 Å². The van der Waals surface area contributed by atoms with E-state index in [1.807, 2.05) is 13.8 Å². The fourth-order valence-electron chi connectivity index (χ4n) is 2.97. The second-order valence-corrected chi connectivity index (χ2v) is 5.22. The third kappa shape index (κ3) is 2.00. The van der Waals surface area contributed by atoms with Gasteiger partial charge in [-0.15, -0.1) is 0 Å². The molecule has 80 valence electrons. The fraction of sp³-hybridized carbons (Fsp3) is 0.917. The van der Waals surface area contributed by atoms with Crippen molar-refractivity contribution in [3.8, 4) is 0 Å². The largest absolute Gasteiger partial charge is 0.311 e. The van der Waals surface area contributed by atoms with Crippen molar-refractivity contribution in [2.24, 2.45) is 11.8 Å². The molecule has 0 spiro atoms. The van der Waals surface area contributed by atoms with Gasteiger partial charge in [-0.1, -0.05) is 20.3 Å². The highest BCUT2D eigenvalue weighted by Gasteiger charge is 2.34. The molecule has 2 unspecified atom stereocenters. The van der Waals surface area contributed by atoms with Gasteiger partial charge in [-0.3, -0.25) is 4.79 Å². The first kappa shape index (κ1) is 10.2. The molecule has 0 radical (unpaired) electrons. The van der Waals surface area contributed by atoms with Crippen molar-refractivity contribution in [1.82, 2.24) is 5.32 Å². The standard InChI is InChI=1S/C12H21NO/c1-8(2)12(14)9-6-10-4-3-5-11(7-9)13-10/h8-11,13H,3-7H2,1-2H3. The molecule has 2 nitrogen and oxygen atoms in total. The van der Waals surface area contributed by atoms with E-state index in [9.17, 15) is 4.79 Å². The topological polar surface area (TPSA) is 29.1 Å². The molecule has 1 N–H and O–H groups in total. The van der Waals surface area contributed by atoms with E-state index in [4.69, 9.17) is 0 Å². The molecule has 2 fully saturated rings. The Morgan fingerprint density at radius 2 is 1.79 bits per heavy atom. The minimum absolute atomic E-state index is 0.221. The molecule has 2 aliphatic heterocycles. The highest BCUT2D eigenvalue weighted by Crippen LogP contribution is 2.31. The van der Waals surface area contributed by atoms with E-state index in [1.54, 1.807) is 0 Å². The Bertz CT molecular complexity index is 212. The third-order valence-electron chi connectivity index (χ3n) is 3.69. The molecule has 0 saturated carbocycles. The maximum absolute atomic E-state index is 11.9. The number of rotatable bonds is 2. The predicted octanol–water partition coefficient (Wildman–Crippen LogP) is 2.13. The van der Waals surface area contributed by atoms with Crippen LogP contribution in [-0.2, 0) is 4.79 Å². The van der Waals surface area contributed by atoms with E-state index in [2.05, 4.69) is 5.32 Å². The van der Waals surface area contributed by atoms with Crippen LogP contribution in [0.15, 0.2) is 0 Å². The smallest absolute Gasteiger partial charge is 0.138 e. The van der Waals surface area contributed by atoms with Gasteiger partial charge >= 0.3 is 0 Å². The molecule has 0 amide bonds. The van der Waals surface area contributed by atoms with Crippen molar-refractivity contribution in [1.29, 1.82) is 0 Å². The van der Waals surface area contributed by atoms with Crippen LogP contribution < -0.4 is 5.32 Å². The van der Waals surface area contributed by atoms with E-state index in [0.717, 1.165) is 12.8 Å². The summed E-state index contributed by atoms with van der Waals surface area (Å²) in [6.07, 6.45) is 6.09. The SMILES string of the molecule is CC(C)C(=O)C1CC2CCCC(C1)N2. The summed E-state index contributed by atoms with van der Waals surface area (Å²) < 4.78 is 0. The van der Waals surface area contributed by atoms with Gasteiger partial charge < -0.3 is 5.32 Å². The summed E-state index contributed by atoms with van der Waals surface area (Å²) in [5, 5.41) is 3.62. The minimum Gasteiger partial charge on any atom is -0.311 e. The Balaban J connectivity index is 1.98. The number of fused-ring (bicyclic) bond motifs is 2. The number of nitrogens with one attached hydrogen (secondary N) is 1. The zero-order valence-electron chi connectivity index (χ0n) is 9.25. The predicted molar refractivity (Wildman–Crippen MR) is 57.1 cm³/mol. The molecule has 0 aromatic heterocycles. The molecular formula is C12H21NO. The number of carbonyl (C=O) groups excluding carboxylic acids is 1. The summed E-state index contributed by atoms with van der Waals surface area (Å²) in [7, 11) is 0. The van der Waals surface area contributed by atoms with Gasteiger partial charge in [0.05, 0.1) is 0 Å². The first-order valence-corrected chi connectivity index (χ1v) is 5.96. The van der Waals surface area contributed by atoms with Crippen molar-refractivity contribution in [3.05, 3.63) is 0 Å². The number of ketones is 1. The molecule has 2 bridgehead atoms. The molecular weight excluding hydrogens is 174 g/mol. The lowest BCUT2D eigenvalue weighted by Gasteiger charge is -2.40. The molecule has 14 heavy (non-hydrogen) atoms. The van der Waals surface area contributed by atoms with Gasteiger partial charge in [-0.25, -0.2) is 0 Å². The zero-order chi connectivity index (χ0) is 10.1. The average molecular weight is 195 g/mol. The van der Waals surface area contributed by atoms with Gasteiger partial charge in [0, 0.05) is 23.9 Å². The third-order valence-corrected chi connectivity index (χ3v) is 3.69. The van der Waals surface area contributed by atoms with Crippen LogP contribution in [0, 0.1) is 11.8 Å². The molecule has 0 aliphatic carbocycles. The summed E-state index contributed by atoms with van der Waals surface area (Å²) in [5.74, 6) is 1.06. The Kier molecular flexibility index (Phi) is 2.91. The first-order chi connectivity index (χ1) is 6.66. The minimum atomic E-state index is 0.221. The van der Waals surface area contributed by atoms with Crippen molar-refractivity contribution < 1.29 is 4.79 Å². The van der Waals surface area contributed by atoms with Crippen molar-refractivity contribution >= 4 is 5.78 Å².